The van der Waals surface area contributed by atoms with E-state index in [0.717, 1.165) is 31.8 Å². The van der Waals surface area contributed by atoms with Crippen molar-refractivity contribution in [3.8, 4) is 6.07 Å². The molecule has 0 radical (unpaired) electrons. The Bertz CT molecular complexity index is 286. The van der Waals surface area contributed by atoms with Crippen molar-refractivity contribution in [2.45, 2.75) is 45.1 Å². The Balaban J connectivity index is 1.98. The van der Waals surface area contributed by atoms with Gasteiger partial charge in [0, 0.05) is 19.2 Å². The predicted octanol–water partition coefficient (Wildman–Crippen LogP) is 2.02. The van der Waals surface area contributed by atoms with Crippen LogP contribution in [0.25, 0.3) is 0 Å². The van der Waals surface area contributed by atoms with Gasteiger partial charge >= 0.3 is 0 Å². The first-order chi connectivity index (χ1) is 8.28. The van der Waals surface area contributed by atoms with Crippen molar-refractivity contribution in [3.63, 3.8) is 0 Å². The van der Waals surface area contributed by atoms with Crippen molar-refractivity contribution >= 4 is 0 Å². The summed E-state index contributed by atoms with van der Waals surface area (Å²) in [4.78, 5) is 2.47. The molecule has 2 rings (SSSR count). The highest BCUT2D eigenvalue weighted by molar-refractivity contribution is 4.99. The fourth-order valence-electron chi connectivity index (χ4n) is 3.47. The molecule has 0 bridgehead atoms. The molecule has 3 nitrogen and oxygen atoms in total. The van der Waals surface area contributed by atoms with Crippen LogP contribution in [-0.4, -0.2) is 35.7 Å². The van der Waals surface area contributed by atoms with E-state index in [4.69, 9.17) is 0 Å². The number of aliphatic hydroxyl groups is 1. The lowest BCUT2D eigenvalue weighted by molar-refractivity contribution is 0.113. The molecule has 0 aromatic rings. The van der Waals surface area contributed by atoms with Gasteiger partial charge in [-0.1, -0.05) is 13.3 Å². The molecular formula is C14H24N2O. The van der Waals surface area contributed by atoms with Crippen LogP contribution >= 0.6 is 0 Å². The maximum Gasteiger partial charge on any atom is 0.0672 e. The molecule has 0 aromatic heterocycles. The highest BCUT2D eigenvalue weighted by Crippen LogP contribution is 2.35. The lowest BCUT2D eigenvalue weighted by Gasteiger charge is -2.38. The molecule has 3 heteroatoms. The SMILES string of the molecule is CCC1CCC(C#N)C(N2CCC(CO)C2)C1. The molecule has 1 saturated heterocycles. The highest BCUT2D eigenvalue weighted by Gasteiger charge is 2.36. The minimum atomic E-state index is 0.218. The van der Waals surface area contributed by atoms with Gasteiger partial charge in [-0.2, -0.15) is 5.26 Å². The van der Waals surface area contributed by atoms with E-state index >= 15 is 0 Å². The highest BCUT2D eigenvalue weighted by atomic mass is 16.3. The monoisotopic (exact) mass is 236 g/mol. The normalized spacial score (nSPS) is 39.1. The molecule has 1 aliphatic carbocycles. The summed E-state index contributed by atoms with van der Waals surface area (Å²) in [7, 11) is 0. The molecule has 2 aliphatic rings. The molecule has 4 unspecified atom stereocenters. The summed E-state index contributed by atoms with van der Waals surface area (Å²) in [5.41, 5.74) is 0. The molecule has 0 spiro atoms. The van der Waals surface area contributed by atoms with Crippen LogP contribution < -0.4 is 0 Å². The second-order valence-electron chi connectivity index (χ2n) is 5.72. The molecule has 0 aromatic carbocycles. The molecule has 1 heterocycles. The van der Waals surface area contributed by atoms with E-state index < -0.39 is 0 Å². The predicted molar refractivity (Wildman–Crippen MR) is 67.3 cm³/mol. The van der Waals surface area contributed by atoms with Gasteiger partial charge in [0.05, 0.1) is 12.0 Å². The summed E-state index contributed by atoms with van der Waals surface area (Å²) < 4.78 is 0. The van der Waals surface area contributed by atoms with Gasteiger partial charge in [-0.05, 0) is 44.1 Å². The summed E-state index contributed by atoms with van der Waals surface area (Å²) in [5, 5.41) is 18.5. The minimum absolute atomic E-state index is 0.218. The molecule has 96 valence electrons. The average Bonchev–Trinajstić information content (AvgIpc) is 2.86. The first-order valence-corrected chi connectivity index (χ1v) is 7.03. The van der Waals surface area contributed by atoms with Gasteiger partial charge in [-0.15, -0.1) is 0 Å². The van der Waals surface area contributed by atoms with Crippen LogP contribution in [0.1, 0.15) is 39.0 Å². The number of hydrogen-bond acceptors (Lipinski definition) is 3. The zero-order valence-corrected chi connectivity index (χ0v) is 10.8. The van der Waals surface area contributed by atoms with Crippen LogP contribution in [0.5, 0.6) is 0 Å². The number of rotatable bonds is 3. The Hall–Kier alpha value is -0.590. The van der Waals surface area contributed by atoms with Gasteiger partial charge in [0.15, 0.2) is 0 Å². The number of likely N-dealkylation sites (tertiary alicyclic amines) is 1. The van der Waals surface area contributed by atoms with Crippen molar-refractivity contribution in [2.24, 2.45) is 17.8 Å². The van der Waals surface area contributed by atoms with Crippen molar-refractivity contribution in [1.82, 2.24) is 4.90 Å². The van der Waals surface area contributed by atoms with Crippen molar-refractivity contribution in [1.29, 1.82) is 5.26 Å². The maximum absolute atomic E-state index is 9.28. The standard InChI is InChI=1S/C14H24N2O/c1-2-11-3-4-13(8-15)14(7-11)16-6-5-12(9-16)10-17/h11-14,17H,2-7,9-10H2,1H3. The molecule has 1 saturated carbocycles. The number of nitrogens with zero attached hydrogens (tertiary/aromatic N) is 2. The third-order valence-electron chi connectivity index (χ3n) is 4.71. The van der Waals surface area contributed by atoms with E-state index in [9.17, 15) is 10.4 Å². The van der Waals surface area contributed by atoms with Crippen LogP contribution in [-0.2, 0) is 0 Å². The molecule has 17 heavy (non-hydrogen) atoms. The molecule has 1 N–H and O–H groups in total. The summed E-state index contributed by atoms with van der Waals surface area (Å²) in [6.07, 6.45) is 5.82. The summed E-state index contributed by atoms with van der Waals surface area (Å²) in [5.74, 6) is 1.46. The van der Waals surface area contributed by atoms with E-state index in [1.165, 1.54) is 19.3 Å². The molecule has 0 amide bonds. The summed E-state index contributed by atoms with van der Waals surface area (Å²) >= 11 is 0. The number of aliphatic hydroxyl groups excluding tert-OH is 1. The van der Waals surface area contributed by atoms with Crippen molar-refractivity contribution < 1.29 is 5.11 Å². The van der Waals surface area contributed by atoms with Crippen LogP contribution in [0.15, 0.2) is 0 Å². The number of hydrogen-bond donors (Lipinski definition) is 1. The van der Waals surface area contributed by atoms with Gasteiger partial charge in [-0.3, -0.25) is 4.90 Å². The molecule has 1 aliphatic heterocycles. The first-order valence-electron chi connectivity index (χ1n) is 7.03. The fourth-order valence-corrected chi connectivity index (χ4v) is 3.47. The zero-order chi connectivity index (χ0) is 12.3. The minimum Gasteiger partial charge on any atom is -0.396 e. The van der Waals surface area contributed by atoms with E-state index in [2.05, 4.69) is 17.9 Å². The third kappa shape index (κ3) is 2.81. The quantitative estimate of drug-likeness (QED) is 0.815. The Morgan fingerprint density at radius 2 is 2.12 bits per heavy atom. The first kappa shape index (κ1) is 12.9. The van der Waals surface area contributed by atoms with Gasteiger partial charge in [-0.25, -0.2) is 0 Å². The molecule has 2 fully saturated rings. The Kier molecular flexibility index (Phi) is 4.42. The zero-order valence-electron chi connectivity index (χ0n) is 10.8. The summed E-state index contributed by atoms with van der Waals surface area (Å²) in [6, 6.07) is 2.96. The van der Waals surface area contributed by atoms with Gasteiger partial charge in [0.2, 0.25) is 0 Å². The second kappa shape index (κ2) is 5.84. The van der Waals surface area contributed by atoms with Gasteiger partial charge in [0.25, 0.3) is 0 Å². The van der Waals surface area contributed by atoms with Crippen molar-refractivity contribution in [2.75, 3.05) is 19.7 Å². The Labute approximate surface area is 104 Å². The lowest BCUT2D eigenvalue weighted by Crippen LogP contribution is -2.43. The molecule has 4 atom stereocenters. The second-order valence-corrected chi connectivity index (χ2v) is 5.72. The third-order valence-corrected chi connectivity index (χ3v) is 4.71. The smallest absolute Gasteiger partial charge is 0.0672 e. The lowest BCUT2D eigenvalue weighted by atomic mass is 9.77. The Morgan fingerprint density at radius 1 is 1.29 bits per heavy atom. The van der Waals surface area contributed by atoms with E-state index in [1.54, 1.807) is 0 Å². The topological polar surface area (TPSA) is 47.3 Å². The van der Waals surface area contributed by atoms with Gasteiger partial charge in [0.1, 0.15) is 0 Å². The Morgan fingerprint density at radius 3 is 2.71 bits per heavy atom. The van der Waals surface area contributed by atoms with Crippen LogP contribution in [0.3, 0.4) is 0 Å². The van der Waals surface area contributed by atoms with Crippen LogP contribution in [0.4, 0.5) is 0 Å². The maximum atomic E-state index is 9.28. The van der Waals surface area contributed by atoms with Crippen LogP contribution in [0.2, 0.25) is 0 Å². The van der Waals surface area contributed by atoms with Crippen molar-refractivity contribution in [3.05, 3.63) is 0 Å². The van der Waals surface area contributed by atoms with E-state index in [-0.39, 0.29) is 5.92 Å². The van der Waals surface area contributed by atoms with E-state index in [0.29, 0.717) is 18.6 Å². The van der Waals surface area contributed by atoms with Gasteiger partial charge < -0.3 is 5.11 Å². The largest absolute Gasteiger partial charge is 0.396 e. The average molecular weight is 236 g/mol. The molecular weight excluding hydrogens is 212 g/mol. The van der Waals surface area contributed by atoms with Crippen LogP contribution in [0, 0.1) is 29.1 Å². The summed E-state index contributed by atoms with van der Waals surface area (Å²) in [6.45, 7) is 4.63. The van der Waals surface area contributed by atoms with E-state index in [1.807, 2.05) is 0 Å². The number of nitriles is 1. The fraction of sp³-hybridized carbons (Fsp3) is 0.929.